The first kappa shape index (κ1) is 27.0. The van der Waals surface area contributed by atoms with E-state index in [1.54, 1.807) is 12.1 Å². The number of alkyl halides is 3. The molecule has 5 rings (SSSR count). The minimum atomic E-state index is -5.08. The van der Waals surface area contributed by atoms with E-state index in [0.29, 0.717) is 15.9 Å². The van der Waals surface area contributed by atoms with Gasteiger partial charge in [0.2, 0.25) is 0 Å². The molecule has 12 heteroatoms. The normalized spacial score (nSPS) is 15.1. The molecule has 0 unspecified atom stereocenters. The zero-order valence-electron chi connectivity index (χ0n) is 19.4. The number of carboxylic acid groups (broad SMARTS) is 1. The highest BCUT2D eigenvalue weighted by molar-refractivity contribution is 6.31. The zero-order valence-corrected chi connectivity index (χ0v) is 20.9. The number of nitrogens with one attached hydrogen (secondary N) is 2. The number of aromatic amines is 2. The molecular formula is C25H23Cl2F3N4O3. The second-order valence-corrected chi connectivity index (χ2v) is 9.66. The van der Waals surface area contributed by atoms with Gasteiger partial charge in [-0.05, 0) is 74.3 Å². The van der Waals surface area contributed by atoms with Gasteiger partial charge < -0.3 is 20.0 Å². The molecule has 1 fully saturated rings. The fraction of sp³-hybridized carbons (Fsp3) is 0.320. The minimum absolute atomic E-state index is 0.113. The van der Waals surface area contributed by atoms with Crippen LogP contribution in [0.25, 0.3) is 21.8 Å². The lowest BCUT2D eigenvalue weighted by Gasteiger charge is -2.31. The maximum atomic E-state index is 12.4. The van der Waals surface area contributed by atoms with Crippen LogP contribution in [0.2, 0.25) is 10.0 Å². The maximum absolute atomic E-state index is 12.4. The van der Waals surface area contributed by atoms with E-state index in [2.05, 4.69) is 21.1 Å². The number of hydrogen-bond donors (Lipinski definition) is 3. The largest absolute Gasteiger partial charge is 0.490 e. The molecule has 0 bridgehead atoms. The lowest BCUT2D eigenvalue weighted by atomic mass is 9.95. The number of halogens is 5. The van der Waals surface area contributed by atoms with Crippen molar-refractivity contribution < 1.29 is 23.1 Å². The van der Waals surface area contributed by atoms with Crippen molar-refractivity contribution in [1.29, 1.82) is 0 Å². The predicted octanol–water partition coefficient (Wildman–Crippen LogP) is 5.77. The second kappa shape index (κ2) is 11.1. The zero-order chi connectivity index (χ0) is 26.7. The SMILES string of the molecule is O=C(O)C(F)(F)F.O=c1[nH]c(C2CCN(CCc3c[nH]c4ccc(Cl)cc34)CC2)nc2ccc(Cl)cc12. The monoisotopic (exact) mass is 554 g/mol. The Balaban J connectivity index is 0.000000405. The van der Waals surface area contributed by atoms with Crippen LogP contribution in [0.3, 0.4) is 0 Å². The number of hydrogen-bond acceptors (Lipinski definition) is 4. The molecule has 2 aromatic heterocycles. The lowest BCUT2D eigenvalue weighted by molar-refractivity contribution is -0.192. The number of fused-ring (bicyclic) bond motifs is 2. The van der Waals surface area contributed by atoms with Gasteiger partial charge in [0.15, 0.2) is 0 Å². The highest BCUT2D eigenvalue weighted by atomic mass is 35.5. The summed E-state index contributed by atoms with van der Waals surface area (Å²) in [4.78, 5) is 34.8. The van der Waals surface area contributed by atoms with Crippen molar-refractivity contribution in [2.75, 3.05) is 19.6 Å². The van der Waals surface area contributed by atoms with Gasteiger partial charge in [0.1, 0.15) is 5.82 Å². The van der Waals surface area contributed by atoms with Gasteiger partial charge in [-0.1, -0.05) is 23.2 Å². The van der Waals surface area contributed by atoms with E-state index in [-0.39, 0.29) is 11.5 Å². The third kappa shape index (κ3) is 6.63. The molecule has 1 aliphatic rings. The number of aliphatic carboxylic acids is 1. The van der Waals surface area contributed by atoms with Crippen LogP contribution in [-0.4, -0.2) is 56.7 Å². The van der Waals surface area contributed by atoms with E-state index in [1.807, 2.05) is 24.3 Å². The summed E-state index contributed by atoms with van der Waals surface area (Å²) < 4.78 is 31.7. The molecule has 196 valence electrons. The summed E-state index contributed by atoms with van der Waals surface area (Å²) >= 11 is 12.2. The van der Waals surface area contributed by atoms with Gasteiger partial charge in [-0.2, -0.15) is 13.2 Å². The van der Waals surface area contributed by atoms with Gasteiger partial charge >= 0.3 is 12.1 Å². The third-order valence-corrected chi connectivity index (χ3v) is 6.80. The molecule has 4 aromatic rings. The summed E-state index contributed by atoms with van der Waals surface area (Å²) in [6, 6.07) is 11.2. The fourth-order valence-corrected chi connectivity index (χ4v) is 4.73. The molecule has 0 radical (unpaired) electrons. The number of carboxylic acids is 1. The smallest absolute Gasteiger partial charge is 0.475 e. The van der Waals surface area contributed by atoms with Crippen molar-refractivity contribution in [2.45, 2.75) is 31.4 Å². The van der Waals surface area contributed by atoms with Crippen LogP contribution >= 0.6 is 23.2 Å². The van der Waals surface area contributed by atoms with Crippen LogP contribution in [0.4, 0.5) is 13.2 Å². The highest BCUT2D eigenvalue weighted by Gasteiger charge is 2.38. The molecule has 7 nitrogen and oxygen atoms in total. The average Bonchev–Trinajstić information content (AvgIpc) is 3.25. The van der Waals surface area contributed by atoms with E-state index in [9.17, 15) is 18.0 Å². The highest BCUT2D eigenvalue weighted by Crippen LogP contribution is 2.27. The minimum Gasteiger partial charge on any atom is -0.475 e. The summed E-state index contributed by atoms with van der Waals surface area (Å²) in [6.45, 7) is 3.00. The van der Waals surface area contributed by atoms with Crippen LogP contribution in [0.5, 0.6) is 0 Å². The molecule has 37 heavy (non-hydrogen) atoms. The Labute approximate surface area is 219 Å². The van der Waals surface area contributed by atoms with Crippen LogP contribution < -0.4 is 5.56 Å². The van der Waals surface area contributed by atoms with E-state index < -0.39 is 12.1 Å². The first-order chi connectivity index (χ1) is 17.5. The number of H-pyrrole nitrogens is 2. The van der Waals surface area contributed by atoms with E-state index in [0.717, 1.165) is 55.3 Å². The van der Waals surface area contributed by atoms with Crippen molar-refractivity contribution in [1.82, 2.24) is 19.9 Å². The van der Waals surface area contributed by atoms with Gasteiger partial charge in [0.25, 0.3) is 5.56 Å². The van der Waals surface area contributed by atoms with Crippen LogP contribution in [0, 0.1) is 0 Å². The van der Waals surface area contributed by atoms with Crippen molar-refractivity contribution in [3.05, 3.63) is 74.4 Å². The van der Waals surface area contributed by atoms with Crippen molar-refractivity contribution >= 4 is 51.0 Å². The summed E-state index contributed by atoms with van der Waals surface area (Å²) in [5, 5.41) is 10.2. The molecule has 3 N–H and O–H groups in total. The van der Waals surface area contributed by atoms with E-state index in [1.165, 1.54) is 10.9 Å². The molecule has 0 saturated carbocycles. The van der Waals surface area contributed by atoms with Crippen molar-refractivity contribution in [3.63, 3.8) is 0 Å². The Bertz CT molecular complexity index is 1480. The van der Waals surface area contributed by atoms with Crippen LogP contribution in [0.15, 0.2) is 47.4 Å². The second-order valence-electron chi connectivity index (χ2n) is 8.79. The number of nitrogens with zero attached hydrogens (tertiary/aromatic N) is 2. The third-order valence-electron chi connectivity index (χ3n) is 6.33. The Hall–Kier alpha value is -3.08. The summed E-state index contributed by atoms with van der Waals surface area (Å²) in [6.07, 6.45) is -0.0376. The first-order valence-corrected chi connectivity index (χ1v) is 12.2. The van der Waals surface area contributed by atoms with Crippen molar-refractivity contribution in [3.8, 4) is 0 Å². The number of rotatable bonds is 4. The average molecular weight is 555 g/mol. The van der Waals surface area contributed by atoms with E-state index >= 15 is 0 Å². The quantitative estimate of drug-likeness (QED) is 0.297. The fourth-order valence-electron chi connectivity index (χ4n) is 4.39. The van der Waals surface area contributed by atoms with Crippen LogP contribution in [-0.2, 0) is 11.2 Å². The number of likely N-dealkylation sites (tertiary alicyclic amines) is 1. The first-order valence-electron chi connectivity index (χ1n) is 11.5. The molecular weight excluding hydrogens is 532 g/mol. The maximum Gasteiger partial charge on any atom is 0.490 e. The molecule has 0 spiro atoms. The Morgan fingerprint density at radius 3 is 2.35 bits per heavy atom. The molecule has 0 amide bonds. The molecule has 2 aromatic carbocycles. The topological polar surface area (TPSA) is 102 Å². The number of piperidine rings is 1. The molecule has 0 aliphatic carbocycles. The molecule has 0 atom stereocenters. The number of aromatic nitrogens is 3. The Morgan fingerprint density at radius 2 is 1.70 bits per heavy atom. The number of carbonyl (C=O) groups is 1. The molecule has 1 aliphatic heterocycles. The van der Waals surface area contributed by atoms with Gasteiger partial charge in [-0.25, -0.2) is 9.78 Å². The van der Waals surface area contributed by atoms with Crippen LogP contribution in [0.1, 0.15) is 30.1 Å². The molecule has 1 saturated heterocycles. The summed E-state index contributed by atoms with van der Waals surface area (Å²) in [5.74, 6) is -1.69. The van der Waals surface area contributed by atoms with Crippen molar-refractivity contribution in [2.24, 2.45) is 0 Å². The van der Waals surface area contributed by atoms with E-state index in [4.69, 9.17) is 38.1 Å². The summed E-state index contributed by atoms with van der Waals surface area (Å²) in [5.41, 5.74) is 3.02. The van der Waals surface area contributed by atoms with Gasteiger partial charge in [-0.15, -0.1) is 0 Å². The van der Waals surface area contributed by atoms with Gasteiger partial charge in [0.05, 0.1) is 10.9 Å². The Morgan fingerprint density at radius 1 is 1.08 bits per heavy atom. The van der Waals surface area contributed by atoms with Gasteiger partial charge in [0, 0.05) is 39.6 Å². The van der Waals surface area contributed by atoms with Gasteiger partial charge in [-0.3, -0.25) is 4.79 Å². The standard InChI is InChI=1S/C23H22Cl2N4O.C2HF3O2/c24-16-1-3-20-18(11-16)15(13-26-20)7-10-29-8-5-14(6-9-29)22-27-21-4-2-17(25)12-19(21)23(30)28-22;3-2(4,5)1(6)7/h1-4,11-14,26H,5-10H2,(H,27,28,30);(H,6,7). The number of benzene rings is 2. The Kier molecular flexibility index (Phi) is 8.11. The molecule has 3 heterocycles. The lowest BCUT2D eigenvalue weighted by Crippen LogP contribution is -2.35. The predicted molar refractivity (Wildman–Crippen MR) is 136 cm³/mol. The summed E-state index contributed by atoms with van der Waals surface area (Å²) in [7, 11) is 0.